The number of amides is 1. The molecule has 0 heterocycles. The first-order chi connectivity index (χ1) is 9.54. The summed E-state index contributed by atoms with van der Waals surface area (Å²) in [5.74, 6) is 1.64. The molecule has 0 bridgehead atoms. The molecule has 0 aromatic heterocycles. The van der Waals surface area contributed by atoms with Crippen LogP contribution in [0.4, 0.5) is 0 Å². The lowest BCUT2D eigenvalue weighted by molar-refractivity contribution is -0.121. The van der Waals surface area contributed by atoms with Crippen LogP contribution in [0.5, 0.6) is 0 Å². The highest BCUT2D eigenvalue weighted by atomic mass is 32.2. The minimum absolute atomic E-state index is 0.0910. The molecule has 3 nitrogen and oxygen atoms in total. The van der Waals surface area contributed by atoms with E-state index in [2.05, 4.69) is 49.7 Å². The average molecular weight is 294 g/mol. The second-order valence-electron chi connectivity index (χ2n) is 5.33. The van der Waals surface area contributed by atoms with Crippen molar-refractivity contribution in [2.45, 2.75) is 38.6 Å². The first-order valence-electron chi connectivity index (χ1n) is 7.15. The standard InChI is InChI=1S/C16H26N2OS/c1-12(2)13-6-8-14(9-7-13)15(17)11-18-16(19)5-4-10-20-3/h6-9,12,15H,4-5,10-11,17H2,1-3H3,(H,18,19). The minimum atomic E-state index is -0.138. The van der Waals surface area contributed by atoms with E-state index < -0.39 is 0 Å². The Balaban J connectivity index is 2.38. The Bertz CT molecular complexity index is 403. The van der Waals surface area contributed by atoms with Crippen LogP contribution in [0, 0.1) is 0 Å². The lowest BCUT2D eigenvalue weighted by atomic mass is 9.99. The number of carbonyl (C=O) groups is 1. The van der Waals surface area contributed by atoms with E-state index in [0.717, 1.165) is 17.7 Å². The second kappa shape index (κ2) is 9.03. The molecule has 0 fully saturated rings. The van der Waals surface area contributed by atoms with Crippen molar-refractivity contribution < 1.29 is 4.79 Å². The van der Waals surface area contributed by atoms with Gasteiger partial charge in [-0.05, 0) is 35.5 Å². The van der Waals surface area contributed by atoms with E-state index in [1.165, 1.54) is 5.56 Å². The Hall–Kier alpha value is -1.00. The van der Waals surface area contributed by atoms with E-state index >= 15 is 0 Å². The molecule has 4 heteroatoms. The molecule has 0 saturated carbocycles. The van der Waals surface area contributed by atoms with Crippen molar-refractivity contribution in [1.29, 1.82) is 0 Å². The largest absolute Gasteiger partial charge is 0.354 e. The van der Waals surface area contributed by atoms with Gasteiger partial charge in [-0.3, -0.25) is 4.79 Å². The summed E-state index contributed by atoms with van der Waals surface area (Å²) in [6.07, 6.45) is 3.56. The topological polar surface area (TPSA) is 55.1 Å². The molecule has 0 spiro atoms. The van der Waals surface area contributed by atoms with Gasteiger partial charge in [-0.15, -0.1) is 0 Å². The van der Waals surface area contributed by atoms with Crippen LogP contribution in [0.15, 0.2) is 24.3 Å². The van der Waals surface area contributed by atoms with Gasteiger partial charge in [0, 0.05) is 19.0 Å². The van der Waals surface area contributed by atoms with Crippen LogP contribution >= 0.6 is 11.8 Å². The van der Waals surface area contributed by atoms with Gasteiger partial charge in [-0.1, -0.05) is 38.1 Å². The van der Waals surface area contributed by atoms with Gasteiger partial charge in [0.1, 0.15) is 0 Å². The Kier molecular flexibility index (Phi) is 7.70. The summed E-state index contributed by atoms with van der Waals surface area (Å²) in [4.78, 5) is 11.6. The van der Waals surface area contributed by atoms with Gasteiger partial charge in [-0.25, -0.2) is 0 Å². The number of hydrogen-bond acceptors (Lipinski definition) is 3. The summed E-state index contributed by atoms with van der Waals surface area (Å²) >= 11 is 1.76. The van der Waals surface area contributed by atoms with Gasteiger partial charge >= 0.3 is 0 Å². The molecule has 0 aliphatic carbocycles. The van der Waals surface area contributed by atoms with Crippen molar-refractivity contribution in [3.63, 3.8) is 0 Å². The zero-order chi connectivity index (χ0) is 15.0. The SMILES string of the molecule is CSCCCC(=O)NCC(N)c1ccc(C(C)C)cc1. The fourth-order valence-corrected chi connectivity index (χ4v) is 2.37. The maximum atomic E-state index is 11.6. The van der Waals surface area contributed by atoms with Gasteiger partial charge < -0.3 is 11.1 Å². The quantitative estimate of drug-likeness (QED) is 0.725. The van der Waals surface area contributed by atoms with Crippen LogP contribution in [-0.2, 0) is 4.79 Å². The number of nitrogens with one attached hydrogen (secondary N) is 1. The fourth-order valence-electron chi connectivity index (χ4n) is 1.94. The smallest absolute Gasteiger partial charge is 0.220 e. The van der Waals surface area contributed by atoms with Crippen molar-refractivity contribution in [1.82, 2.24) is 5.32 Å². The first kappa shape index (κ1) is 17.1. The van der Waals surface area contributed by atoms with E-state index in [0.29, 0.717) is 18.9 Å². The van der Waals surface area contributed by atoms with Crippen molar-refractivity contribution in [2.75, 3.05) is 18.6 Å². The van der Waals surface area contributed by atoms with Gasteiger partial charge in [0.05, 0.1) is 0 Å². The zero-order valence-corrected chi connectivity index (χ0v) is 13.5. The average Bonchev–Trinajstić information content (AvgIpc) is 2.45. The van der Waals surface area contributed by atoms with E-state index in [-0.39, 0.29) is 11.9 Å². The summed E-state index contributed by atoms with van der Waals surface area (Å²) in [7, 11) is 0. The Morgan fingerprint density at radius 1 is 1.25 bits per heavy atom. The third-order valence-electron chi connectivity index (χ3n) is 3.30. The molecule has 1 unspecified atom stereocenters. The van der Waals surface area contributed by atoms with Crippen LogP contribution < -0.4 is 11.1 Å². The van der Waals surface area contributed by atoms with Crippen molar-refractivity contribution in [3.05, 3.63) is 35.4 Å². The van der Waals surface area contributed by atoms with Crippen molar-refractivity contribution in [3.8, 4) is 0 Å². The second-order valence-corrected chi connectivity index (χ2v) is 6.31. The molecule has 1 atom stereocenters. The van der Waals surface area contributed by atoms with E-state index in [1.54, 1.807) is 11.8 Å². The van der Waals surface area contributed by atoms with E-state index in [1.807, 2.05) is 0 Å². The number of rotatable bonds is 8. The number of hydrogen-bond donors (Lipinski definition) is 2. The van der Waals surface area contributed by atoms with Crippen LogP contribution in [0.25, 0.3) is 0 Å². The van der Waals surface area contributed by atoms with E-state index in [9.17, 15) is 4.79 Å². The highest BCUT2D eigenvalue weighted by Gasteiger charge is 2.08. The Morgan fingerprint density at radius 2 is 1.85 bits per heavy atom. The van der Waals surface area contributed by atoms with Gasteiger partial charge in [0.15, 0.2) is 0 Å². The first-order valence-corrected chi connectivity index (χ1v) is 8.55. The van der Waals surface area contributed by atoms with Crippen LogP contribution in [-0.4, -0.2) is 24.5 Å². The monoisotopic (exact) mass is 294 g/mol. The molecular weight excluding hydrogens is 268 g/mol. The summed E-state index contributed by atoms with van der Waals surface area (Å²) in [5, 5.41) is 2.90. The Morgan fingerprint density at radius 3 is 2.40 bits per heavy atom. The van der Waals surface area contributed by atoms with Gasteiger partial charge in [-0.2, -0.15) is 11.8 Å². The molecule has 0 saturated heterocycles. The lowest BCUT2D eigenvalue weighted by Crippen LogP contribution is -2.31. The summed E-state index contributed by atoms with van der Waals surface area (Å²) < 4.78 is 0. The minimum Gasteiger partial charge on any atom is -0.354 e. The van der Waals surface area contributed by atoms with Crippen molar-refractivity contribution >= 4 is 17.7 Å². The summed E-state index contributed by atoms with van der Waals surface area (Å²) in [6.45, 7) is 4.84. The number of thioether (sulfide) groups is 1. The third kappa shape index (κ3) is 5.97. The van der Waals surface area contributed by atoms with Crippen LogP contribution in [0.1, 0.15) is 49.8 Å². The molecule has 0 aliphatic heterocycles. The zero-order valence-electron chi connectivity index (χ0n) is 12.7. The van der Waals surface area contributed by atoms with E-state index in [4.69, 9.17) is 5.73 Å². The predicted octanol–water partition coefficient (Wildman–Crippen LogP) is 3.07. The van der Waals surface area contributed by atoms with Gasteiger partial charge in [0.25, 0.3) is 0 Å². The third-order valence-corrected chi connectivity index (χ3v) is 4.00. The lowest BCUT2D eigenvalue weighted by Gasteiger charge is -2.14. The predicted molar refractivity (Wildman–Crippen MR) is 88.1 cm³/mol. The molecular formula is C16H26N2OS. The fraction of sp³-hybridized carbons (Fsp3) is 0.562. The molecule has 1 amide bonds. The molecule has 20 heavy (non-hydrogen) atoms. The number of nitrogens with two attached hydrogens (primary N) is 1. The molecule has 1 aromatic rings. The highest BCUT2D eigenvalue weighted by molar-refractivity contribution is 7.98. The van der Waals surface area contributed by atoms with Crippen LogP contribution in [0.3, 0.4) is 0 Å². The number of carbonyl (C=O) groups excluding carboxylic acids is 1. The summed E-state index contributed by atoms with van der Waals surface area (Å²) in [5.41, 5.74) is 8.48. The van der Waals surface area contributed by atoms with Crippen molar-refractivity contribution in [2.24, 2.45) is 5.73 Å². The Labute approximate surface area is 126 Å². The molecule has 1 rings (SSSR count). The van der Waals surface area contributed by atoms with Gasteiger partial charge in [0.2, 0.25) is 5.91 Å². The number of benzene rings is 1. The van der Waals surface area contributed by atoms with Crippen LogP contribution in [0.2, 0.25) is 0 Å². The molecule has 1 aromatic carbocycles. The maximum absolute atomic E-state index is 11.6. The summed E-state index contributed by atoms with van der Waals surface area (Å²) in [6, 6.07) is 8.20. The molecule has 0 radical (unpaired) electrons. The maximum Gasteiger partial charge on any atom is 0.220 e. The molecule has 3 N–H and O–H groups in total. The molecule has 112 valence electrons. The molecule has 0 aliphatic rings. The highest BCUT2D eigenvalue weighted by Crippen LogP contribution is 2.17. The normalized spacial score (nSPS) is 12.4.